The van der Waals surface area contributed by atoms with Crippen LogP contribution in [0.1, 0.15) is 70.0 Å². The standard InChI is InChI=1S/C29H37N7O2/c1-28(2,3)38-27(37)34-25-19-14-18(19)15-29(25)8-12-35(13-9-29)23-17-31-24-21(33-23)16-32-26(24)36-11-5-6-20-22(36)7-4-10-30-20/h4,7,10,17-19,25H,5-6,8-9,11-16H2,1-3H3,(H,34,37)/t18?,19-,25?/m0/s1. The minimum atomic E-state index is -0.480. The number of aryl methyl sites for hydroxylation is 1. The van der Waals surface area contributed by atoms with Crippen molar-refractivity contribution in [3.63, 3.8) is 0 Å². The molecule has 2 aromatic rings. The highest BCUT2D eigenvalue weighted by Gasteiger charge is 2.62. The predicted octanol–water partition coefficient (Wildman–Crippen LogP) is 4.10. The molecule has 1 spiro atoms. The largest absolute Gasteiger partial charge is 0.444 e. The predicted molar refractivity (Wildman–Crippen MR) is 145 cm³/mol. The fourth-order valence-electron chi connectivity index (χ4n) is 7.33. The van der Waals surface area contributed by atoms with E-state index in [9.17, 15) is 4.79 Å². The van der Waals surface area contributed by atoms with Crippen molar-refractivity contribution in [2.45, 2.75) is 77.5 Å². The van der Waals surface area contributed by atoms with Crippen LogP contribution in [0.3, 0.4) is 0 Å². The van der Waals surface area contributed by atoms with Crippen LogP contribution in [0.5, 0.6) is 0 Å². The molecule has 1 N–H and O–H groups in total. The summed E-state index contributed by atoms with van der Waals surface area (Å²) in [4.78, 5) is 36.6. The van der Waals surface area contributed by atoms with Gasteiger partial charge in [0.15, 0.2) is 5.84 Å². The quantitative estimate of drug-likeness (QED) is 0.643. The number of carbonyl (C=O) groups excluding carboxylic acids is 1. The molecule has 1 saturated heterocycles. The van der Waals surface area contributed by atoms with Gasteiger partial charge in [0.1, 0.15) is 17.1 Å². The molecule has 0 bridgehead atoms. The van der Waals surface area contributed by atoms with E-state index in [2.05, 4.69) is 26.2 Å². The van der Waals surface area contributed by atoms with Crippen LogP contribution in [0.25, 0.3) is 0 Å². The molecule has 5 heterocycles. The lowest BCUT2D eigenvalue weighted by atomic mass is 9.71. The number of hydrogen-bond donors (Lipinski definition) is 1. The van der Waals surface area contributed by atoms with Gasteiger partial charge in [0, 0.05) is 31.9 Å². The lowest BCUT2D eigenvalue weighted by Gasteiger charge is -2.45. The minimum absolute atomic E-state index is 0.164. The van der Waals surface area contributed by atoms with Crippen LogP contribution in [0, 0.1) is 17.3 Å². The number of ether oxygens (including phenoxy) is 1. The maximum Gasteiger partial charge on any atom is 0.407 e. The molecular formula is C29H37N7O2. The number of nitrogens with zero attached hydrogens (tertiary/aromatic N) is 6. The number of amidine groups is 1. The molecule has 0 radical (unpaired) electrons. The lowest BCUT2D eigenvalue weighted by molar-refractivity contribution is 0.0417. The summed E-state index contributed by atoms with van der Waals surface area (Å²) in [6.07, 6.45) is 10.1. The van der Waals surface area contributed by atoms with Crippen LogP contribution in [0.4, 0.5) is 16.3 Å². The van der Waals surface area contributed by atoms with Crippen molar-refractivity contribution in [3.05, 3.63) is 41.6 Å². The summed E-state index contributed by atoms with van der Waals surface area (Å²) in [5.41, 5.74) is 3.81. The third kappa shape index (κ3) is 4.10. The molecule has 2 aromatic heterocycles. The van der Waals surface area contributed by atoms with Gasteiger partial charge >= 0.3 is 6.09 Å². The Bertz CT molecular complexity index is 1290. The molecule has 38 heavy (non-hydrogen) atoms. The van der Waals surface area contributed by atoms with Gasteiger partial charge in [-0.2, -0.15) is 0 Å². The number of anilines is 2. The fourth-order valence-corrected chi connectivity index (χ4v) is 7.33. The summed E-state index contributed by atoms with van der Waals surface area (Å²) in [6.45, 7) is 9.11. The van der Waals surface area contributed by atoms with Crippen LogP contribution in [-0.2, 0) is 17.7 Å². The summed E-state index contributed by atoms with van der Waals surface area (Å²) < 4.78 is 5.61. The molecular weight excluding hydrogens is 478 g/mol. The van der Waals surface area contributed by atoms with E-state index < -0.39 is 5.60 Å². The Morgan fingerprint density at radius 2 is 2.00 bits per heavy atom. The number of hydrogen-bond acceptors (Lipinski definition) is 8. The van der Waals surface area contributed by atoms with Gasteiger partial charge in [-0.05, 0) is 88.7 Å². The fraction of sp³-hybridized carbons (Fsp3) is 0.621. The summed E-state index contributed by atoms with van der Waals surface area (Å²) >= 11 is 0. The number of amides is 1. The molecule has 2 unspecified atom stereocenters. The molecule has 2 saturated carbocycles. The van der Waals surface area contributed by atoms with Gasteiger partial charge in [-0.15, -0.1) is 0 Å². The first-order valence-corrected chi connectivity index (χ1v) is 14.2. The first kappa shape index (κ1) is 23.9. The number of aliphatic imine (C=N–C) groups is 1. The van der Waals surface area contributed by atoms with Crippen molar-refractivity contribution in [3.8, 4) is 0 Å². The molecule has 0 aromatic carbocycles. The number of nitrogens with one attached hydrogen (secondary N) is 1. The van der Waals surface area contributed by atoms with Gasteiger partial charge in [-0.1, -0.05) is 0 Å². The molecule has 3 fully saturated rings. The summed E-state index contributed by atoms with van der Waals surface area (Å²) in [6, 6.07) is 4.34. The second kappa shape index (κ2) is 8.64. The van der Waals surface area contributed by atoms with Crippen molar-refractivity contribution in [2.75, 3.05) is 29.4 Å². The van der Waals surface area contributed by atoms with E-state index in [4.69, 9.17) is 19.7 Å². The molecule has 9 nitrogen and oxygen atoms in total. The smallest absolute Gasteiger partial charge is 0.407 e. The first-order chi connectivity index (χ1) is 18.3. The van der Waals surface area contributed by atoms with Crippen LogP contribution in [0.2, 0.25) is 0 Å². The molecule has 7 rings (SSSR count). The van der Waals surface area contributed by atoms with Crippen molar-refractivity contribution in [2.24, 2.45) is 22.2 Å². The normalized spacial score (nSPS) is 26.9. The Hall–Kier alpha value is -3.23. The maximum absolute atomic E-state index is 12.6. The van der Waals surface area contributed by atoms with Gasteiger partial charge < -0.3 is 19.9 Å². The lowest BCUT2D eigenvalue weighted by Crippen LogP contribution is -2.53. The second-order valence-corrected chi connectivity index (χ2v) is 12.7. The Kier molecular flexibility index (Phi) is 5.43. The van der Waals surface area contributed by atoms with E-state index in [0.717, 1.165) is 85.7 Å². The number of rotatable bonds is 2. The van der Waals surface area contributed by atoms with E-state index >= 15 is 0 Å². The van der Waals surface area contributed by atoms with E-state index in [1.165, 1.54) is 12.8 Å². The molecule has 200 valence electrons. The number of pyridine rings is 1. The monoisotopic (exact) mass is 515 g/mol. The zero-order valence-corrected chi connectivity index (χ0v) is 22.6. The first-order valence-electron chi connectivity index (χ1n) is 14.2. The van der Waals surface area contributed by atoms with Crippen LogP contribution in [0.15, 0.2) is 29.5 Å². The molecule has 5 aliphatic rings. The zero-order chi connectivity index (χ0) is 26.1. The van der Waals surface area contributed by atoms with E-state index in [1.807, 2.05) is 39.2 Å². The van der Waals surface area contributed by atoms with Gasteiger partial charge in [0.25, 0.3) is 0 Å². The highest BCUT2D eigenvalue weighted by Crippen LogP contribution is 2.63. The van der Waals surface area contributed by atoms with Crippen molar-refractivity contribution in [1.29, 1.82) is 0 Å². The number of piperidine rings is 1. The Balaban J connectivity index is 1.04. The van der Waals surface area contributed by atoms with Gasteiger partial charge in [0.2, 0.25) is 0 Å². The van der Waals surface area contributed by atoms with Crippen molar-refractivity contribution < 1.29 is 9.53 Å². The average molecular weight is 516 g/mol. The Morgan fingerprint density at radius 1 is 1.16 bits per heavy atom. The maximum atomic E-state index is 12.6. The molecule has 1 amide bonds. The van der Waals surface area contributed by atoms with Crippen LogP contribution < -0.4 is 15.1 Å². The van der Waals surface area contributed by atoms with E-state index in [0.29, 0.717) is 12.5 Å². The zero-order valence-electron chi connectivity index (χ0n) is 22.6. The highest BCUT2D eigenvalue weighted by molar-refractivity contribution is 6.11. The van der Waals surface area contributed by atoms with Crippen molar-refractivity contribution >= 4 is 23.4 Å². The summed E-state index contributed by atoms with van der Waals surface area (Å²) in [5, 5.41) is 3.29. The van der Waals surface area contributed by atoms with Gasteiger partial charge in [0.05, 0.1) is 29.8 Å². The third-order valence-electron chi connectivity index (χ3n) is 9.12. The van der Waals surface area contributed by atoms with E-state index in [1.54, 1.807) is 0 Å². The van der Waals surface area contributed by atoms with Crippen molar-refractivity contribution in [1.82, 2.24) is 20.3 Å². The summed E-state index contributed by atoms with van der Waals surface area (Å²) in [5.74, 6) is 3.23. The number of alkyl carbamates (subject to hydrolysis) is 1. The van der Waals surface area contributed by atoms with E-state index in [-0.39, 0.29) is 17.6 Å². The summed E-state index contributed by atoms with van der Waals surface area (Å²) in [7, 11) is 0. The van der Waals surface area contributed by atoms with Crippen LogP contribution >= 0.6 is 0 Å². The number of aromatic nitrogens is 3. The SMILES string of the molecule is CC(C)(C)OC(=O)NC1[C@H]2CC2CC12CCN(c1cnc3c(n1)CN=C3N1CCCc3ncccc31)CC2. The second-order valence-electron chi connectivity index (χ2n) is 12.7. The highest BCUT2D eigenvalue weighted by atomic mass is 16.6. The Labute approximate surface area is 224 Å². The van der Waals surface area contributed by atoms with Gasteiger partial charge in [-0.25, -0.2) is 14.8 Å². The van der Waals surface area contributed by atoms with Gasteiger partial charge in [-0.3, -0.25) is 9.98 Å². The average Bonchev–Trinajstić information content (AvgIpc) is 3.41. The van der Waals surface area contributed by atoms with Crippen LogP contribution in [-0.4, -0.2) is 58.2 Å². The topological polar surface area (TPSA) is 95.8 Å². The Morgan fingerprint density at radius 3 is 2.82 bits per heavy atom. The molecule has 3 aliphatic heterocycles. The third-order valence-corrected chi connectivity index (χ3v) is 9.12. The number of carbonyl (C=O) groups is 1. The number of fused-ring (bicyclic) bond motifs is 3. The molecule has 9 heteroatoms. The minimum Gasteiger partial charge on any atom is -0.444 e. The molecule has 2 aliphatic carbocycles. The molecule has 3 atom stereocenters.